The molecule has 5 nitrogen and oxygen atoms in total. The zero-order valence-corrected chi connectivity index (χ0v) is 10.1. The van der Waals surface area contributed by atoms with Gasteiger partial charge in [-0.2, -0.15) is 0 Å². The number of aromatic nitrogens is 4. The summed E-state index contributed by atoms with van der Waals surface area (Å²) in [5.74, 6) is 1.47. The Labute approximate surface area is 106 Å². The van der Waals surface area contributed by atoms with E-state index in [1.807, 2.05) is 18.3 Å². The zero-order valence-electron chi connectivity index (χ0n) is 10.1. The van der Waals surface area contributed by atoms with Crippen LogP contribution in [0.2, 0.25) is 0 Å². The molecule has 1 fully saturated rings. The molecule has 1 aliphatic heterocycles. The van der Waals surface area contributed by atoms with Crippen molar-refractivity contribution in [1.29, 1.82) is 0 Å². The molecule has 92 valence electrons. The first kappa shape index (κ1) is 11.1. The van der Waals surface area contributed by atoms with E-state index in [1.165, 1.54) is 12.8 Å². The first-order chi connectivity index (χ1) is 8.93. The predicted octanol–water partition coefficient (Wildman–Crippen LogP) is 1.65. The van der Waals surface area contributed by atoms with Crippen molar-refractivity contribution in [2.45, 2.75) is 18.8 Å². The first-order valence-corrected chi connectivity index (χ1v) is 6.20. The zero-order chi connectivity index (χ0) is 12.2. The van der Waals surface area contributed by atoms with Gasteiger partial charge in [0, 0.05) is 37.1 Å². The molecular formula is C13H15N5. The molecule has 2 aromatic heterocycles. The van der Waals surface area contributed by atoms with Crippen molar-refractivity contribution in [3.8, 4) is 0 Å². The number of piperidine rings is 1. The minimum Gasteiger partial charge on any atom is -0.356 e. The van der Waals surface area contributed by atoms with Crippen LogP contribution in [-0.2, 0) is 0 Å². The maximum Gasteiger partial charge on any atom is 0.131 e. The minimum absolute atomic E-state index is 0.469. The summed E-state index contributed by atoms with van der Waals surface area (Å²) in [6, 6.07) is 3.97. The van der Waals surface area contributed by atoms with Crippen molar-refractivity contribution < 1.29 is 0 Å². The third-order valence-corrected chi connectivity index (χ3v) is 3.33. The third-order valence-electron chi connectivity index (χ3n) is 3.33. The summed E-state index contributed by atoms with van der Waals surface area (Å²) in [5, 5.41) is 0. The number of rotatable bonds is 2. The van der Waals surface area contributed by atoms with Crippen LogP contribution in [0.15, 0.2) is 37.2 Å². The molecule has 0 bridgehead atoms. The highest BCUT2D eigenvalue weighted by molar-refractivity contribution is 5.38. The van der Waals surface area contributed by atoms with E-state index < -0.39 is 0 Å². The Bertz CT molecular complexity index is 442. The standard InChI is InChI=1S/C13H15N5/c1-2-11(12-3-5-14-9-16-12)8-18(7-1)13-4-6-15-10-17-13/h3-6,9-11H,1-2,7-8H2. The molecular weight excluding hydrogens is 226 g/mol. The Morgan fingerprint density at radius 2 is 1.89 bits per heavy atom. The SMILES string of the molecule is c1cc(C2CCCN(c3ccncn3)C2)ncn1. The van der Waals surface area contributed by atoms with Gasteiger partial charge in [0.05, 0.1) is 0 Å². The smallest absolute Gasteiger partial charge is 0.131 e. The van der Waals surface area contributed by atoms with E-state index in [4.69, 9.17) is 0 Å². The predicted molar refractivity (Wildman–Crippen MR) is 68.3 cm³/mol. The van der Waals surface area contributed by atoms with E-state index in [-0.39, 0.29) is 0 Å². The average molecular weight is 241 g/mol. The fourth-order valence-corrected chi connectivity index (χ4v) is 2.44. The fraction of sp³-hybridized carbons (Fsp3) is 0.385. The quantitative estimate of drug-likeness (QED) is 0.800. The molecule has 1 saturated heterocycles. The maximum absolute atomic E-state index is 4.36. The van der Waals surface area contributed by atoms with Crippen LogP contribution in [-0.4, -0.2) is 33.0 Å². The van der Waals surface area contributed by atoms with Gasteiger partial charge in [0.2, 0.25) is 0 Å². The minimum atomic E-state index is 0.469. The van der Waals surface area contributed by atoms with E-state index >= 15 is 0 Å². The van der Waals surface area contributed by atoms with Gasteiger partial charge < -0.3 is 4.90 Å². The molecule has 3 rings (SSSR count). The molecule has 0 spiro atoms. The van der Waals surface area contributed by atoms with Gasteiger partial charge in [0.25, 0.3) is 0 Å². The van der Waals surface area contributed by atoms with Gasteiger partial charge in [-0.1, -0.05) is 0 Å². The van der Waals surface area contributed by atoms with Gasteiger partial charge in [0.1, 0.15) is 18.5 Å². The number of hydrogen-bond acceptors (Lipinski definition) is 5. The topological polar surface area (TPSA) is 54.8 Å². The van der Waals surface area contributed by atoms with Crippen LogP contribution in [0.5, 0.6) is 0 Å². The average Bonchev–Trinajstić information content (AvgIpc) is 2.49. The summed E-state index contributed by atoms with van der Waals surface area (Å²) in [6.07, 6.45) is 9.17. The Kier molecular flexibility index (Phi) is 3.12. The van der Waals surface area contributed by atoms with Gasteiger partial charge in [0.15, 0.2) is 0 Å². The lowest BCUT2D eigenvalue weighted by Crippen LogP contribution is -2.35. The molecule has 0 N–H and O–H groups in total. The Morgan fingerprint density at radius 1 is 1.06 bits per heavy atom. The van der Waals surface area contributed by atoms with Crippen LogP contribution in [0.3, 0.4) is 0 Å². The lowest BCUT2D eigenvalue weighted by Gasteiger charge is -2.33. The van der Waals surface area contributed by atoms with Crippen molar-refractivity contribution in [2.75, 3.05) is 18.0 Å². The monoisotopic (exact) mass is 241 g/mol. The molecule has 0 aromatic carbocycles. The van der Waals surface area contributed by atoms with Crippen LogP contribution >= 0.6 is 0 Å². The van der Waals surface area contributed by atoms with Crippen LogP contribution in [0, 0.1) is 0 Å². The molecule has 1 atom stereocenters. The Hall–Kier alpha value is -2.04. The molecule has 1 unspecified atom stereocenters. The number of anilines is 1. The second-order valence-corrected chi connectivity index (χ2v) is 4.49. The highest BCUT2D eigenvalue weighted by atomic mass is 15.2. The lowest BCUT2D eigenvalue weighted by molar-refractivity contribution is 0.498. The van der Waals surface area contributed by atoms with E-state index in [0.29, 0.717) is 5.92 Å². The summed E-state index contributed by atoms with van der Waals surface area (Å²) in [7, 11) is 0. The van der Waals surface area contributed by atoms with E-state index in [1.54, 1.807) is 18.9 Å². The number of hydrogen-bond donors (Lipinski definition) is 0. The Balaban J connectivity index is 1.77. The molecule has 3 heterocycles. The van der Waals surface area contributed by atoms with Crippen LogP contribution < -0.4 is 4.90 Å². The van der Waals surface area contributed by atoms with Crippen LogP contribution in [0.25, 0.3) is 0 Å². The fourth-order valence-electron chi connectivity index (χ4n) is 2.44. The van der Waals surface area contributed by atoms with Crippen LogP contribution in [0.4, 0.5) is 5.82 Å². The van der Waals surface area contributed by atoms with Gasteiger partial charge in [-0.25, -0.2) is 19.9 Å². The summed E-state index contributed by atoms with van der Waals surface area (Å²) < 4.78 is 0. The first-order valence-electron chi connectivity index (χ1n) is 6.20. The lowest BCUT2D eigenvalue weighted by atomic mass is 9.94. The molecule has 0 aliphatic carbocycles. The molecule has 0 amide bonds. The van der Waals surface area contributed by atoms with Crippen LogP contribution in [0.1, 0.15) is 24.5 Å². The van der Waals surface area contributed by atoms with Gasteiger partial charge in [-0.05, 0) is 25.0 Å². The largest absolute Gasteiger partial charge is 0.356 e. The summed E-state index contributed by atoms with van der Waals surface area (Å²) in [5.41, 5.74) is 1.13. The van der Waals surface area contributed by atoms with Gasteiger partial charge >= 0.3 is 0 Å². The summed E-state index contributed by atoms with van der Waals surface area (Å²) in [6.45, 7) is 2.02. The van der Waals surface area contributed by atoms with Crippen molar-refractivity contribution in [3.63, 3.8) is 0 Å². The van der Waals surface area contributed by atoms with Gasteiger partial charge in [-0.15, -0.1) is 0 Å². The van der Waals surface area contributed by atoms with Crippen molar-refractivity contribution in [1.82, 2.24) is 19.9 Å². The van der Waals surface area contributed by atoms with Crippen molar-refractivity contribution >= 4 is 5.82 Å². The van der Waals surface area contributed by atoms with E-state index in [0.717, 1.165) is 24.6 Å². The highest BCUT2D eigenvalue weighted by Gasteiger charge is 2.22. The van der Waals surface area contributed by atoms with Crippen molar-refractivity contribution in [2.24, 2.45) is 0 Å². The van der Waals surface area contributed by atoms with Crippen molar-refractivity contribution in [3.05, 3.63) is 42.9 Å². The number of nitrogens with zero attached hydrogens (tertiary/aromatic N) is 5. The van der Waals surface area contributed by atoms with Gasteiger partial charge in [-0.3, -0.25) is 0 Å². The second kappa shape index (κ2) is 5.08. The molecule has 0 saturated carbocycles. The maximum atomic E-state index is 4.36. The third kappa shape index (κ3) is 2.30. The molecule has 1 aliphatic rings. The van der Waals surface area contributed by atoms with E-state index in [9.17, 15) is 0 Å². The van der Waals surface area contributed by atoms with E-state index in [2.05, 4.69) is 24.8 Å². The molecule has 2 aromatic rings. The molecule has 0 radical (unpaired) electrons. The summed E-state index contributed by atoms with van der Waals surface area (Å²) in [4.78, 5) is 18.9. The molecule has 5 heteroatoms. The second-order valence-electron chi connectivity index (χ2n) is 4.49. The summed E-state index contributed by atoms with van der Waals surface area (Å²) >= 11 is 0. The molecule has 18 heavy (non-hydrogen) atoms. The normalized spacial score (nSPS) is 19.8. The Morgan fingerprint density at radius 3 is 2.61 bits per heavy atom. The highest BCUT2D eigenvalue weighted by Crippen LogP contribution is 2.27.